The largest absolute Gasteiger partial charge is 0.365 e. The summed E-state index contributed by atoms with van der Waals surface area (Å²) in [4.78, 5) is 44.2. The summed E-state index contributed by atoms with van der Waals surface area (Å²) in [7, 11) is 0. The van der Waals surface area contributed by atoms with Crippen molar-refractivity contribution < 1.29 is 18.9 Å². The van der Waals surface area contributed by atoms with Crippen molar-refractivity contribution in [3.8, 4) is 11.3 Å². The molecule has 1 aliphatic rings. The third-order valence-electron chi connectivity index (χ3n) is 6.15. The first-order valence-corrected chi connectivity index (χ1v) is 13.1. The molecule has 36 heavy (non-hydrogen) atoms. The van der Waals surface area contributed by atoms with Crippen molar-refractivity contribution in [3.63, 3.8) is 0 Å². The van der Waals surface area contributed by atoms with E-state index < -0.39 is 5.91 Å². The molecule has 5 rings (SSSR count). The minimum Gasteiger partial charge on any atom is -0.365 e. The smallest absolute Gasteiger partial charge is 0.275 e. The van der Waals surface area contributed by atoms with E-state index in [2.05, 4.69) is 15.5 Å². The van der Waals surface area contributed by atoms with Gasteiger partial charge in [-0.3, -0.25) is 14.4 Å². The zero-order valence-electron chi connectivity index (χ0n) is 19.4. The molecular weight excluding hydrogens is 498 g/mol. The molecule has 1 saturated heterocycles. The summed E-state index contributed by atoms with van der Waals surface area (Å²) >= 11 is 2.60. The number of likely N-dealkylation sites (tertiary alicyclic amines) is 1. The maximum Gasteiger partial charge on any atom is 0.275 e. The fourth-order valence-corrected chi connectivity index (χ4v) is 5.94. The number of hydrogen-bond acceptors (Lipinski definition) is 8. The van der Waals surface area contributed by atoms with E-state index >= 15 is 0 Å². The van der Waals surface area contributed by atoms with Crippen molar-refractivity contribution in [2.24, 2.45) is 5.73 Å². The van der Waals surface area contributed by atoms with E-state index in [-0.39, 0.29) is 17.7 Å². The number of piperidine rings is 1. The molecule has 0 bridgehead atoms. The van der Waals surface area contributed by atoms with Crippen LogP contribution in [-0.2, 0) is 0 Å². The monoisotopic (exact) mass is 521 g/mol. The molecule has 0 atom stereocenters. The summed E-state index contributed by atoms with van der Waals surface area (Å²) in [6.07, 6.45) is 1.48. The second-order valence-electron chi connectivity index (χ2n) is 8.45. The highest BCUT2D eigenvalue weighted by molar-refractivity contribution is 7.12. The number of aromatic nitrogens is 2. The van der Waals surface area contributed by atoms with Gasteiger partial charge in [0.15, 0.2) is 0 Å². The molecule has 0 spiro atoms. The topological polar surface area (TPSA) is 131 Å². The number of carbonyl (C=O) groups is 3. The number of aryl methyl sites for hydroxylation is 1. The zero-order valence-corrected chi connectivity index (χ0v) is 21.0. The number of rotatable bonds is 6. The van der Waals surface area contributed by atoms with E-state index in [1.807, 2.05) is 35.2 Å². The average molecular weight is 522 g/mol. The van der Waals surface area contributed by atoms with Crippen LogP contribution in [0, 0.1) is 6.92 Å². The van der Waals surface area contributed by atoms with E-state index in [1.54, 1.807) is 23.8 Å². The Morgan fingerprint density at radius 2 is 1.86 bits per heavy atom. The lowest BCUT2D eigenvalue weighted by Gasteiger charge is -2.31. The molecule has 184 valence electrons. The van der Waals surface area contributed by atoms with Gasteiger partial charge in [0.2, 0.25) is 0 Å². The number of nitrogens with zero attached hydrogens (tertiary/aromatic N) is 3. The molecule has 11 heteroatoms. The number of anilines is 1. The Hall–Kier alpha value is -3.83. The quantitative estimate of drug-likeness (QED) is 0.383. The van der Waals surface area contributed by atoms with Crippen LogP contribution in [0.5, 0.6) is 0 Å². The van der Waals surface area contributed by atoms with Crippen LogP contribution in [0.2, 0.25) is 0 Å². The first-order valence-electron chi connectivity index (χ1n) is 11.4. The number of thiophene rings is 1. The van der Waals surface area contributed by atoms with Crippen molar-refractivity contribution in [3.05, 3.63) is 74.1 Å². The molecule has 0 aliphatic carbocycles. The first-order chi connectivity index (χ1) is 17.4. The van der Waals surface area contributed by atoms with Gasteiger partial charge in [0, 0.05) is 30.0 Å². The van der Waals surface area contributed by atoms with Gasteiger partial charge in [-0.05, 0) is 31.2 Å². The fraction of sp³-hybridized carbons (Fsp3) is 0.240. The van der Waals surface area contributed by atoms with Gasteiger partial charge in [-0.1, -0.05) is 35.5 Å². The molecule has 1 aromatic carbocycles. The molecule has 0 saturated carbocycles. The van der Waals surface area contributed by atoms with Crippen molar-refractivity contribution in [2.45, 2.75) is 25.7 Å². The van der Waals surface area contributed by atoms with E-state index in [4.69, 9.17) is 10.3 Å². The lowest BCUT2D eigenvalue weighted by Crippen LogP contribution is -2.38. The van der Waals surface area contributed by atoms with E-state index in [0.717, 1.165) is 23.4 Å². The summed E-state index contributed by atoms with van der Waals surface area (Å²) in [6.45, 7) is 2.89. The van der Waals surface area contributed by atoms with E-state index in [0.29, 0.717) is 46.4 Å². The van der Waals surface area contributed by atoms with Gasteiger partial charge in [-0.25, -0.2) is 4.98 Å². The Balaban J connectivity index is 1.23. The molecule has 0 radical (unpaired) electrons. The van der Waals surface area contributed by atoms with Gasteiger partial charge in [0.1, 0.15) is 27.6 Å². The molecular formula is C25H23N5O4S2. The molecule has 3 N–H and O–H groups in total. The van der Waals surface area contributed by atoms with Gasteiger partial charge in [-0.15, -0.1) is 22.7 Å². The van der Waals surface area contributed by atoms with Crippen LogP contribution in [0.3, 0.4) is 0 Å². The van der Waals surface area contributed by atoms with Crippen LogP contribution >= 0.6 is 22.7 Å². The van der Waals surface area contributed by atoms with Crippen LogP contribution in [-0.4, -0.2) is 45.9 Å². The summed E-state index contributed by atoms with van der Waals surface area (Å²) in [6, 6.07) is 11.2. The second-order valence-corrected chi connectivity index (χ2v) is 10.3. The first kappa shape index (κ1) is 23.9. The van der Waals surface area contributed by atoms with Gasteiger partial charge in [0.05, 0.1) is 10.7 Å². The average Bonchev–Trinajstić information content (AvgIpc) is 3.64. The highest BCUT2D eigenvalue weighted by atomic mass is 32.1. The number of thiazole rings is 1. The molecule has 3 aromatic heterocycles. The molecule has 3 amide bonds. The molecule has 1 fully saturated rings. The molecule has 9 nitrogen and oxygen atoms in total. The summed E-state index contributed by atoms with van der Waals surface area (Å²) < 4.78 is 5.37. The zero-order chi connectivity index (χ0) is 25.2. The van der Waals surface area contributed by atoms with Crippen molar-refractivity contribution in [1.29, 1.82) is 0 Å². The van der Waals surface area contributed by atoms with Crippen LogP contribution in [0.4, 0.5) is 5.69 Å². The number of carbonyl (C=O) groups excluding carboxylic acids is 3. The third kappa shape index (κ3) is 4.67. The molecule has 4 heterocycles. The summed E-state index contributed by atoms with van der Waals surface area (Å²) in [5, 5.41) is 11.1. The number of nitrogens with two attached hydrogens (primary N) is 1. The Kier molecular flexibility index (Phi) is 6.66. The third-order valence-corrected chi connectivity index (χ3v) is 8.08. The lowest BCUT2D eigenvalue weighted by atomic mass is 9.96. The predicted molar refractivity (Wildman–Crippen MR) is 137 cm³/mol. The number of amides is 3. The number of hydrogen-bond donors (Lipinski definition) is 2. The minimum atomic E-state index is -0.585. The standard InChI is InChI=1S/C25H23N5O4S2/c1-14-19(20(29-34-14)15-5-3-2-4-6-15)25(33)30-10-7-16(8-11-30)24-28-18(13-36-24)23(32)27-17-9-12-35-21(17)22(26)31/h2-6,9,12-13,16H,7-8,10-11H2,1H3,(H2,26,31)(H,27,32). The summed E-state index contributed by atoms with van der Waals surface area (Å²) in [5.41, 5.74) is 7.93. The summed E-state index contributed by atoms with van der Waals surface area (Å²) in [5.74, 6) is -0.409. The van der Waals surface area contributed by atoms with Crippen LogP contribution in [0.25, 0.3) is 11.3 Å². The Bertz CT molecular complexity index is 1420. The highest BCUT2D eigenvalue weighted by Gasteiger charge is 2.31. The van der Waals surface area contributed by atoms with Crippen molar-refractivity contribution in [1.82, 2.24) is 15.0 Å². The van der Waals surface area contributed by atoms with Crippen molar-refractivity contribution >= 4 is 46.1 Å². The molecule has 4 aromatic rings. The van der Waals surface area contributed by atoms with E-state index in [9.17, 15) is 14.4 Å². The second kappa shape index (κ2) is 10.0. The minimum absolute atomic E-state index is 0.0914. The van der Waals surface area contributed by atoms with E-state index in [1.165, 1.54) is 22.7 Å². The maximum absolute atomic E-state index is 13.4. The predicted octanol–water partition coefficient (Wildman–Crippen LogP) is 4.54. The normalized spacial score (nSPS) is 14.1. The van der Waals surface area contributed by atoms with Gasteiger partial charge >= 0.3 is 0 Å². The number of primary amides is 1. The Labute approximate surface area is 214 Å². The highest BCUT2D eigenvalue weighted by Crippen LogP contribution is 2.33. The number of benzene rings is 1. The SMILES string of the molecule is Cc1onc(-c2ccccc2)c1C(=O)N1CCC(c2nc(C(=O)Nc3ccsc3C(N)=O)cs2)CC1. The Morgan fingerprint density at radius 3 is 2.58 bits per heavy atom. The molecule has 0 unspecified atom stereocenters. The van der Waals surface area contributed by atoms with Gasteiger partial charge in [-0.2, -0.15) is 0 Å². The van der Waals surface area contributed by atoms with Crippen molar-refractivity contribution in [2.75, 3.05) is 18.4 Å². The number of nitrogens with one attached hydrogen (secondary N) is 1. The lowest BCUT2D eigenvalue weighted by molar-refractivity contribution is 0.0711. The molecule has 1 aliphatic heterocycles. The van der Waals surface area contributed by atoms with Gasteiger partial charge in [0.25, 0.3) is 17.7 Å². The Morgan fingerprint density at radius 1 is 1.11 bits per heavy atom. The van der Waals surface area contributed by atoms with Crippen LogP contribution in [0.15, 0.2) is 51.7 Å². The van der Waals surface area contributed by atoms with Crippen LogP contribution in [0.1, 0.15) is 60.0 Å². The van der Waals surface area contributed by atoms with Crippen LogP contribution < -0.4 is 11.1 Å². The maximum atomic E-state index is 13.4. The fourth-order valence-electron chi connectivity index (χ4n) is 4.27. The van der Waals surface area contributed by atoms with Gasteiger partial charge < -0.3 is 20.5 Å².